The van der Waals surface area contributed by atoms with Gasteiger partial charge in [0.2, 0.25) is 0 Å². The summed E-state index contributed by atoms with van der Waals surface area (Å²) in [7, 11) is 1.65. The molecule has 0 bridgehead atoms. The monoisotopic (exact) mass is 354 g/mol. The van der Waals surface area contributed by atoms with Gasteiger partial charge >= 0.3 is 0 Å². The third-order valence-electron chi connectivity index (χ3n) is 4.54. The van der Waals surface area contributed by atoms with Crippen LogP contribution < -0.4 is 10.6 Å². The molecule has 1 fully saturated rings. The molecule has 1 aromatic carbocycles. The third kappa shape index (κ3) is 5.02. The van der Waals surface area contributed by atoms with Gasteiger partial charge in [0.05, 0.1) is 6.61 Å². The van der Waals surface area contributed by atoms with Crippen LogP contribution in [0.15, 0.2) is 36.4 Å². The lowest BCUT2D eigenvalue weighted by atomic mass is 9.95. The van der Waals surface area contributed by atoms with Gasteiger partial charge in [-0.3, -0.25) is 4.79 Å². The molecule has 2 N–H and O–H groups in total. The van der Waals surface area contributed by atoms with Crippen molar-refractivity contribution in [3.05, 3.63) is 42.1 Å². The highest BCUT2D eigenvalue weighted by Gasteiger charge is 2.19. The smallest absolute Gasteiger partial charge is 0.270 e. The molecule has 0 radical (unpaired) electrons. The van der Waals surface area contributed by atoms with E-state index in [1.54, 1.807) is 13.2 Å². The summed E-state index contributed by atoms with van der Waals surface area (Å²) in [5.74, 6) is 1.04. The first-order valence-corrected chi connectivity index (χ1v) is 9.24. The first-order chi connectivity index (χ1) is 12.8. The quantitative estimate of drug-likeness (QED) is 0.747. The normalized spacial score (nSPS) is 14.8. The highest BCUT2D eigenvalue weighted by atomic mass is 16.5. The molecule has 0 unspecified atom stereocenters. The number of anilines is 1. The maximum atomic E-state index is 12.7. The molecule has 0 atom stereocenters. The van der Waals surface area contributed by atoms with Gasteiger partial charge in [0.15, 0.2) is 5.82 Å². The summed E-state index contributed by atoms with van der Waals surface area (Å²) in [6.45, 7) is 1.18. The molecule has 6 nitrogen and oxygen atoms in total. The average Bonchev–Trinajstić information content (AvgIpc) is 2.69. The Morgan fingerprint density at radius 1 is 1.15 bits per heavy atom. The van der Waals surface area contributed by atoms with E-state index in [1.807, 2.05) is 30.3 Å². The Morgan fingerprint density at radius 3 is 2.65 bits per heavy atom. The van der Waals surface area contributed by atoms with E-state index in [-0.39, 0.29) is 11.9 Å². The number of nitrogens with one attached hydrogen (secondary N) is 2. The molecule has 0 saturated heterocycles. The van der Waals surface area contributed by atoms with Gasteiger partial charge < -0.3 is 15.4 Å². The average molecular weight is 354 g/mol. The minimum Gasteiger partial charge on any atom is -0.383 e. The lowest BCUT2D eigenvalue weighted by Crippen LogP contribution is -2.36. The number of nitrogens with zero attached hydrogens (tertiary/aromatic N) is 2. The maximum Gasteiger partial charge on any atom is 0.270 e. The second kappa shape index (κ2) is 9.29. The van der Waals surface area contributed by atoms with Crippen molar-refractivity contribution in [2.75, 3.05) is 25.6 Å². The van der Waals surface area contributed by atoms with E-state index in [1.165, 1.54) is 19.3 Å². The van der Waals surface area contributed by atoms with Crippen LogP contribution in [0.4, 0.5) is 5.82 Å². The number of rotatable bonds is 7. The number of hydrogen-bond acceptors (Lipinski definition) is 5. The zero-order valence-corrected chi connectivity index (χ0v) is 15.2. The van der Waals surface area contributed by atoms with Crippen LogP contribution in [0, 0.1) is 0 Å². The summed E-state index contributed by atoms with van der Waals surface area (Å²) >= 11 is 0. The highest BCUT2D eigenvalue weighted by molar-refractivity contribution is 5.93. The minimum atomic E-state index is -0.133. The lowest BCUT2D eigenvalue weighted by Gasteiger charge is -2.22. The van der Waals surface area contributed by atoms with E-state index in [9.17, 15) is 4.79 Å². The Hall–Kier alpha value is -2.47. The fourth-order valence-electron chi connectivity index (χ4n) is 3.16. The maximum absolute atomic E-state index is 12.7. The first kappa shape index (κ1) is 18.3. The van der Waals surface area contributed by atoms with Gasteiger partial charge in [-0.05, 0) is 12.8 Å². The number of carbonyl (C=O) groups excluding carboxylic acids is 1. The zero-order valence-electron chi connectivity index (χ0n) is 15.2. The zero-order chi connectivity index (χ0) is 18.2. The van der Waals surface area contributed by atoms with Crippen LogP contribution in [0.5, 0.6) is 0 Å². The summed E-state index contributed by atoms with van der Waals surface area (Å²) < 4.78 is 5.07. The predicted octanol–water partition coefficient (Wildman–Crippen LogP) is 3.26. The summed E-state index contributed by atoms with van der Waals surface area (Å²) in [6, 6.07) is 11.7. The fourth-order valence-corrected chi connectivity index (χ4v) is 3.16. The first-order valence-electron chi connectivity index (χ1n) is 9.24. The van der Waals surface area contributed by atoms with Gasteiger partial charge in [0.25, 0.3) is 5.91 Å². The van der Waals surface area contributed by atoms with E-state index >= 15 is 0 Å². The van der Waals surface area contributed by atoms with Crippen LogP contribution in [0.2, 0.25) is 0 Å². The van der Waals surface area contributed by atoms with Crippen molar-refractivity contribution >= 4 is 11.7 Å². The Kier molecular flexibility index (Phi) is 6.55. The molecule has 1 aliphatic rings. The molecular formula is C20H26N4O2. The fraction of sp³-hybridized carbons (Fsp3) is 0.450. The number of amides is 1. The van der Waals surface area contributed by atoms with Gasteiger partial charge in [-0.25, -0.2) is 9.97 Å². The minimum absolute atomic E-state index is 0.133. The Morgan fingerprint density at radius 2 is 1.92 bits per heavy atom. The molecule has 1 heterocycles. The van der Waals surface area contributed by atoms with E-state index in [0.29, 0.717) is 30.5 Å². The Balaban J connectivity index is 1.82. The van der Waals surface area contributed by atoms with Crippen LogP contribution >= 0.6 is 0 Å². The van der Waals surface area contributed by atoms with Crippen LogP contribution in [0.25, 0.3) is 11.4 Å². The van der Waals surface area contributed by atoms with Crippen LogP contribution in [-0.4, -0.2) is 42.2 Å². The van der Waals surface area contributed by atoms with Gasteiger partial charge in [-0.15, -0.1) is 0 Å². The van der Waals surface area contributed by atoms with Crippen LogP contribution in [0.1, 0.15) is 42.6 Å². The molecule has 2 aromatic rings. The molecule has 138 valence electrons. The number of carbonyl (C=O) groups is 1. The van der Waals surface area contributed by atoms with E-state index in [4.69, 9.17) is 4.74 Å². The molecule has 0 aliphatic heterocycles. The molecule has 1 saturated carbocycles. The molecule has 1 aromatic heterocycles. The molecule has 1 amide bonds. The van der Waals surface area contributed by atoms with E-state index in [0.717, 1.165) is 18.4 Å². The van der Waals surface area contributed by atoms with Gasteiger partial charge in [0.1, 0.15) is 11.5 Å². The van der Waals surface area contributed by atoms with E-state index < -0.39 is 0 Å². The molecule has 1 aliphatic carbocycles. The number of ether oxygens (including phenoxy) is 1. The van der Waals surface area contributed by atoms with Crippen molar-refractivity contribution in [3.8, 4) is 11.4 Å². The molecular weight excluding hydrogens is 328 g/mol. The summed E-state index contributed by atoms with van der Waals surface area (Å²) in [5.41, 5.74) is 1.28. The molecule has 6 heteroatoms. The lowest BCUT2D eigenvalue weighted by molar-refractivity contribution is 0.0922. The second-order valence-corrected chi connectivity index (χ2v) is 6.56. The van der Waals surface area contributed by atoms with Crippen molar-refractivity contribution in [1.29, 1.82) is 0 Å². The topological polar surface area (TPSA) is 76.1 Å². The number of hydrogen-bond donors (Lipinski definition) is 2. The van der Waals surface area contributed by atoms with Crippen LogP contribution in [0.3, 0.4) is 0 Å². The van der Waals surface area contributed by atoms with Crippen molar-refractivity contribution in [3.63, 3.8) is 0 Å². The third-order valence-corrected chi connectivity index (χ3v) is 4.54. The van der Waals surface area contributed by atoms with Crippen molar-refractivity contribution < 1.29 is 9.53 Å². The Bertz CT molecular complexity index is 715. The van der Waals surface area contributed by atoms with Crippen molar-refractivity contribution in [1.82, 2.24) is 15.3 Å². The van der Waals surface area contributed by atoms with Gasteiger partial charge in [0, 0.05) is 31.3 Å². The Labute approximate surface area is 154 Å². The van der Waals surface area contributed by atoms with Crippen LogP contribution in [-0.2, 0) is 4.74 Å². The highest BCUT2D eigenvalue weighted by Crippen LogP contribution is 2.20. The molecule has 3 rings (SSSR count). The van der Waals surface area contributed by atoms with E-state index in [2.05, 4.69) is 20.6 Å². The molecule has 26 heavy (non-hydrogen) atoms. The predicted molar refractivity (Wildman–Crippen MR) is 102 cm³/mol. The largest absolute Gasteiger partial charge is 0.383 e. The second-order valence-electron chi connectivity index (χ2n) is 6.56. The summed E-state index contributed by atoms with van der Waals surface area (Å²) in [6.07, 6.45) is 5.69. The number of aromatic nitrogens is 2. The standard InChI is InChI=1S/C20H26N4O2/c1-26-13-12-21-18-14-17(20(25)22-16-10-6-3-7-11-16)23-19(24-18)15-8-4-2-5-9-15/h2,4-5,8-9,14,16H,3,6-7,10-13H2,1H3,(H,22,25)(H,21,23,24). The van der Waals surface area contributed by atoms with Gasteiger partial charge in [-0.2, -0.15) is 0 Å². The summed E-state index contributed by atoms with van der Waals surface area (Å²) in [5, 5.41) is 6.33. The van der Waals surface area contributed by atoms with Crippen molar-refractivity contribution in [2.45, 2.75) is 38.1 Å². The number of methoxy groups -OCH3 is 1. The summed E-state index contributed by atoms with van der Waals surface area (Å²) in [4.78, 5) is 21.8. The van der Waals surface area contributed by atoms with Crippen molar-refractivity contribution in [2.24, 2.45) is 0 Å². The molecule has 0 spiro atoms. The SMILES string of the molecule is COCCNc1cc(C(=O)NC2CCCCC2)nc(-c2ccccc2)n1. The number of benzene rings is 1. The van der Waals surface area contributed by atoms with Gasteiger partial charge in [-0.1, -0.05) is 49.6 Å².